The average molecular weight is 230 g/mol. The Hall–Kier alpha value is -1.97. The minimum Gasteiger partial charge on any atom is -0.370 e. The number of aliphatic imine (C=N–C) groups is 1. The molecule has 0 atom stereocenters. The summed E-state index contributed by atoms with van der Waals surface area (Å²) in [6.07, 6.45) is 0. The zero-order valence-corrected chi connectivity index (χ0v) is 10.2. The molecule has 0 saturated carbocycles. The van der Waals surface area contributed by atoms with Crippen LogP contribution in [0.3, 0.4) is 0 Å². The Morgan fingerprint density at radius 3 is 2.88 bits per heavy atom. The van der Waals surface area contributed by atoms with Gasteiger partial charge in [-0.3, -0.25) is 0 Å². The van der Waals surface area contributed by atoms with Crippen molar-refractivity contribution in [2.45, 2.75) is 26.4 Å². The van der Waals surface area contributed by atoms with Gasteiger partial charge in [-0.1, -0.05) is 18.2 Å². The molecule has 90 valence electrons. The molecule has 0 unspecified atom stereocenters. The van der Waals surface area contributed by atoms with Gasteiger partial charge in [-0.05, 0) is 31.4 Å². The third-order valence-electron chi connectivity index (χ3n) is 2.44. The minimum absolute atomic E-state index is 0.307. The maximum absolute atomic E-state index is 5.74. The molecule has 4 nitrogen and oxygen atoms in total. The predicted molar refractivity (Wildman–Crippen MR) is 71.9 cm³/mol. The van der Waals surface area contributed by atoms with Crippen LogP contribution in [-0.2, 0) is 6.54 Å². The lowest BCUT2D eigenvalue weighted by Crippen LogP contribution is -2.36. The molecule has 0 radical (unpaired) electrons. The third kappa shape index (κ3) is 3.00. The van der Waals surface area contributed by atoms with Gasteiger partial charge in [0.25, 0.3) is 0 Å². The molecule has 2 rings (SSSR count). The van der Waals surface area contributed by atoms with Crippen LogP contribution in [-0.4, -0.2) is 17.0 Å². The van der Waals surface area contributed by atoms with E-state index in [-0.39, 0.29) is 0 Å². The van der Waals surface area contributed by atoms with Gasteiger partial charge in [-0.15, -0.1) is 0 Å². The summed E-state index contributed by atoms with van der Waals surface area (Å²) in [7, 11) is 0. The normalized spacial score (nSPS) is 12.3. The SMILES string of the molecule is CC(C)NC(N)=NCc1cc2ccccc2[nH]1. The molecular formula is C13H18N4. The summed E-state index contributed by atoms with van der Waals surface area (Å²) in [5.41, 5.74) is 7.94. The number of aromatic amines is 1. The highest BCUT2D eigenvalue weighted by Gasteiger charge is 1.99. The van der Waals surface area contributed by atoms with Crippen LogP contribution in [0.2, 0.25) is 0 Å². The first-order chi connectivity index (χ1) is 8.15. The fraction of sp³-hybridized carbons (Fsp3) is 0.308. The number of benzene rings is 1. The zero-order chi connectivity index (χ0) is 12.3. The van der Waals surface area contributed by atoms with E-state index in [9.17, 15) is 0 Å². The highest BCUT2D eigenvalue weighted by Crippen LogP contribution is 2.14. The largest absolute Gasteiger partial charge is 0.370 e. The second kappa shape index (κ2) is 4.91. The van der Waals surface area contributed by atoms with Crippen LogP contribution < -0.4 is 11.1 Å². The monoisotopic (exact) mass is 230 g/mol. The standard InChI is InChI=1S/C13H18N4/c1-9(2)16-13(14)15-8-11-7-10-5-3-4-6-12(10)17-11/h3-7,9,17H,8H2,1-2H3,(H3,14,15,16). The van der Waals surface area contributed by atoms with Gasteiger partial charge >= 0.3 is 0 Å². The molecule has 0 aliphatic heterocycles. The van der Waals surface area contributed by atoms with E-state index < -0.39 is 0 Å². The Labute approximate surface area is 101 Å². The van der Waals surface area contributed by atoms with E-state index in [1.165, 1.54) is 5.39 Å². The summed E-state index contributed by atoms with van der Waals surface area (Å²) in [6, 6.07) is 10.6. The number of rotatable bonds is 3. The minimum atomic E-state index is 0.307. The first-order valence-electron chi connectivity index (χ1n) is 5.78. The number of hydrogen-bond acceptors (Lipinski definition) is 1. The van der Waals surface area contributed by atoms with Crippen molar-refractivity contribution in [3.63, 3.8) is 0 Å². The number of H-pyrrole nitrogens is 1. The summed E-state index contributed by atoms with van der Waals surface area (Å²) in [5, 5.41) is 4.26. The van der Waals surface area contributed by atoms with Gasteiger partial charge in [0.1, 0.15) is 0 Å². The molecule has 0 fully saturated rings. The second-order valence-electron chi connectivity index (χ2n) is 4.38. The van der Waals surface area contributed by atoms with Crippen molar-refractivity contribution in [3.8, 4) is 0 Å². The van der Waals surface area contributed by atoms with Gasteiger partial charge in [0.15, 0.2) is 5.96 Å². The average Bonchev–Trinajstić information content (AvgIpc) is 2.68. The number of para-hydroxylation sites is 1. The van der Waals surface area contributed by atoms with Gasteiger partial charge in [-0.2, -0.15) is 0 Å². The van der Waals surface area contributed by atoms with E-state index in [0.29, 0.717) is 18.5 Å². The van der Waals surface area contributed by atoms with Crippen LogP contribution in [0.5, 0.6) is 0 Å². The van der Waals surface area contributed by atoms with E-state index in [0.717, 1.165) is 11.2 Å². The second-order valence-corrected chi connectivity index (χ2v) is 4.38. The van der Waals surface area contributed by atoms with E-state index >= 15 is 0 Å². The topological polar surface area (TPSA) is 66.2 Å². The van der Waals surface area contributed by atoms with Crippen LogP contribution in [0.25, 0.3) is 10.9 Å². The lowest BCUT2D eigenvalue weighted by Gasteiger charge is -2.07. The van der Waals surface area contributed by atoms with E-state index in [2.05, 4.69) is 33.5 Å². The molecule has 0 spiro atoms. The lowest BCUT2D eigenvalue weighted by molar-refractivity contribution is 0.723. The molecule has 4 heteroatoms. The van der Waals surface area contributed by atoms with E-state index in [4.69, 9.17) is 5.73 Å². The molecule has 0 amide bonds. The maximum atomic E-state index is 5.74. The molecule has 17 heavy (non-hydrogen) atoms. The molecule has 1 aromatic carbocycles. The molecule has 0 aliphatic carbocycles. The van der Waals surface area contributed by atoms with Crippen molar-refractivity contribution in [3.05, 3.63) is 36.0 Å². The van der Waals surface area contributed by atoms with Gasteiger partial charge in [0, 0.05) is 17.3 Å². The van der Waals surface area contributed by atoms with E-state index in [1.54, 1.807) is 0 Å². The Balaban J connectivity index is 2.08. The van der Waals surface area contributed by atoms with Gasteiger partial charge < -0.3 is 16.0 Å². The van der Waals surface area contributed by atoms with Crippen LogP contribution in [0.15, 0.2) is 35.3 Å². The zero-order valence-electron chi connectivity index (χ0n) is 10.2. The first kappa shape index (κ1) is 11.5. The first-order valence-corrected chi connectivity index (χ1v) is 5.78. The van der Waals surface area contributed by atoms with Crippen molar-refractivity contribution in [2.75, 3.05) is 0 Å². The van der Waals surface area contributed by atoms with Gasteiger partial charge in [0.2, 0.25) is 0 Å². The number of nitrogens with zero attached hydrogens (tertiary/aromatic N) is 1. The summed E-state index contributed by atoms with van der Waals surface area (Å²) >= 11 is 0. The summed E-state index contributed by atoms with van der Waals surface area (Å²) in [4.78, 5) is 7.60. The number of guanidine groups is 1. The number of hydrogen-bond donors (Lipinski definition) is 3. The maximum Gasteiger partial charge on any atom is 0.189 e. The third-order valence-corrected chi connectivity index (χ3v) is 2.44. The fourth-order valence-corrected chi connectivity index (χ4v) is 1.73. The highest BCUT2D eigenvalue weighted by atomic mass is 15.1. The Kier molecular flexibility index (Phi) is 3.32. The van der Waals surface area contributed by atoms with Gasteiger partial charge in [-0.25, -0.2) is 4.99 Å². The Bertz CT molecular complexity index is 492. The van der Waals surface area contributed by atoms with Crippen LogP contribution >= 0.6 is 0 Å². The smallest absolute Gasteiger partial charge is 0.189 e. The molecule has 0 saturated heterocycles. The van der Waals surface area contributed by atoms with Crippen LogP contribution in [0, 0.1) is 0 Å². The van der Waals surface area contributed by atoms with Crippen molar-refractivity contribution >= 4 is 16.9 Å². The molecule has 0 aliphatic rings. The fourth-order valence-electron chi connectivity index (χ4n) is 1.73. The van der Waals surface area contributed by atoms with Crippen molar-refractivity contribution in [1.82, 2.24) is 10.3 Å². The predicted octanol–water partition coefficient (Wildman–Crippen LogP) is 1.98. The van der Waals surface area contributed by atoms with E-state index in [1.807, 2.05) is 26.0 Å². The Morgan fingerprint density at radius 2 is 2.18 bits per heavy atom. The summed E-state index contributed by atoms with van der Waals surface area (Å²) < 4.78 is 0. The number of nitrogens with one attached hydrogen (secondary N) is 2. The van der Waals surface area contributed by atoms with Crippen molar-refractivity contribution in [1.29, 1.82) is 0 Å². The Morgan fingerprint density at radius 1 is 1.41 bits per heavy atom. The molecule has 1 aromatic heterocycles. The molecular weight excluding hydrogens is 212 g/mol. The summed E-state index contributed by atoms with van der Waals surface area (Å²) in [5.74, 6) is 0.485. The molecule has 4 N–H and O–H groups in total. The lowest BCUT2D eigenvalue weighted by atomic mass is 10.2. The van der Waals surface area contributed by atoms with Crippen LogP contribution in [0.1, 0.15) is 19.5 Å². The van der Waals surface area contributed by atoms with Gasteiger partial charge in [0.05, 0.1) is 6.54 Å². The number of aromatic nitrogens is 1. The molecule has 0 bridgehead atoms. The molecule has 2 aromatic rings. The quantitative estimate of drug-likeness (QED) is 0.557. The van der Waals surface area contributed by atoms with Crippen LogP contribution in [0.4, 0.5) is 0 Å². The summed E-state index contributed by atoms with van der Waals surface area (Å²) in [6.45, 7) is 4.64. The van der Waals surface area contributed by atoms with Crippen molar-refractivity contribution < 1.29 is 0 Å². The highest BCUT2D eigenvalue weighted by molar-refractivity contribution is 5.80. The molecule has 1 heterocycles. The van der Waals surface area contributed by atoms with Crippen molar-refractivity contribution in [2.24, 2.45) is 10.7 Å². The number of fused-ring (bicyclic) bond motifs is 1. The number of nitrogens with two attached hydrogens (primary N) is 1.